The number of nitrogens with one attached hydrogen (secondary N) is 1. The second kappa shape index (κ2) is 5.57. The Hall–Kier alpha value is -1.34. The molecule has 0 amide bonds. The van der Waals surface area contributed by atoms with Crippen LogP contribution in [-0.4, -0.2) is 9.97 Å². The van der Waals surface area contributed by atoms with Gasteiger partial charge in [-0.15, -0.1) is 0 Å². The van der Waals surface area contributed by atoms with E-state index in [9.17, 15) is 13.2 Å². The normalized spacial score (nSPS) is 11.5. The molecule has 0 aliphatic heterocycles. The molecule has 8 heteroatoms. The molecule has 0 fully saturated rings. The molecule has 0 bridgehead atoms. The van der Waals surface area contributed by atoms with Crippen molar-refractivity contribution in [3.05, 3.63) is 45.3 Å². The van der Waals surface area contributed by atoms with Gasteiger partial charge in [0.1, 0.15) is 16.8 Å². The van der Waals surface area contributed by atoms with Gasteiger partial charge in [-0.2, -0.15) is 13.2 Å². The quantitative estimate of drug-likeness (QED) is 0.763. The van der Waals surface area contributed by atoms with E-state index in [4.69, 9.17) is 11.6 Å². The Balaban J connectivity index is 2.37. The number of anilines is 2. The van der Waals surface area contributed by atoms with Gasteiger partial charge >= 0.3 is 6.18 Å². The molecule has 106 valence electrons. The maximum Gasteiger partial charge on any atom is 0.416 e. The lowest BCUT2D eigenvalue weighted by Crippen LogP contribution is -2.06. The Morgan fingerprint density at radius 3 is 2.50 bits per heavy atom. The summed E-state index contributed by atoms with van der Waals surface area (Å²) in [6.45, 7) is 1.64. The van der Waals surface area contributed by atoms with Crippen molar-refractivity contribution in [2.45, 2.75) is 13.1 Å². The number of aromatic nitrogens is 2. The minimum absolute atomic E-state index is 0.211. The van der Waals surface area contributed by atoms with Crippen LogP contribution in [0.5, 0.6) is 0 Å². The highest BCUT2D eigenvalue weighted by atomic mass is 79.9. The van der Waals surface area contributed by atoms with E-state index in [-0.39, 0.29) is 10.8 Å². The molecule has 0 aliphatic carbocycles. The average Bonchev–Trinajstić information content (AvgIpc) is 2.29. The first-order chi connectivity index (χ1) is 9.25. The molecule has 2 aromatic rings. The van der Waals surface area contributed by atoms with Gasteiger partial charge in [0.15, 0.2) is 0 Å². The zero-order chi connectivity index (χ0) is 14.9. The summed E-state index contributed by atoms with van der Waals surface area (Å²) in [5, 5.41) is 3.00. The number of nitrogens with zero attached hydrogens (tertiary/aromatic N) is 2. The monoisotopic (exact) mass is 365 g/mol. The molecule has 0 radical (unpaired) electrons. The number of benzene rings is 1. The fourth-order valence-electron chi connectivity index (χ4n) is 1.53. The van der Waals surface area contributed by atoms with Crippen LogP contribution in [0.2, 0.25) is 5.15 Å². The number of halogens is 5. The third kappa shape index (κ3) is 3.61. The van der Waals surface area contributed by atoms with Crippen molar-refractivity contribution < 1.29 is 13.2 Å². The van der Waals surface area contributed by atoms with Crippen LogP contribution in [0, 0.1) is 6.92 Å². The van der Waals surface area contributed by atoms with E-state index in [1.54, 1.807) is 6.92 Å². The fourth-order valence-corrected chi connectivity index (χ4v) is 2.10. The second-order valence-electron chi connectivity index (χ2n) is 3.94. The van der Waals surface area contributed by atoms with Crippen LogP contribution in [-0.2, 0) is 6.18 Å². The van der Waals surface area contributed by atoms with Crippen LogP contribution in [0.4, 0.5) is 24.7 Å². The summed E-state index contributed by atoms with van der Waals surface area (Å²) >= 11 is 8.96. The highest BCUT2D eigenvalue weighted by Crippen LogP contribution is 2.35. The van der Waals surface area contributed by atoms with Gasteiger partial charge in [-0.25, -0.2) is 9.97 Å². The molecule has 20 heavy (non-hydrogen) atoms. The van der Waals surface area contributed by atoms with Gasteiger partial charge in [-0.1, -0.05) is 11.6 Å². The van der Waals surface area contributed by atoms with Gasteiger partial charge < -0.3 is 5.32 Å². The largest absolute Gasteiger partial charge is 0.416 e. The molecule has 1 heterocycles. The summed E-state index contributed by atoms with van der Waals surface area (Å²) in [5.41, 5.74) is -0.505. The van der Waals surface area contributed by atoms with Gasteiger partial charge in [0.2, 0.25) is 0 Å². The third-order valence-electron chi connectivity index (χ3n) is 2.36. The molecule has 1 aromatic heterocycles. The number of hydrogen-bond acceptors (Lipinski definition) is 3. The van der Waals surface area contributed by atoms with Crippen LogP contribution >= 0.6 is 27.5 Å². The highest BCUT2D eigenvalue weighted by Gasteiger charge is 2.30. The van der Waals surface area contributed by atoms with Crippen molar-refractivity contribution in [2.75, 3.05) is 5.32 Å². The summed E-state index contributed by atoms with van der Waals surface area (Å²) < 4.78 is 38.5. The molecular weight excluding hydrogens is 359 g/mol. The summed E-state index contributed by atoms with van der Waals surface area (Å²) in [7, 11) is 0. The van der Waals surface area contributed by atoms with Crippen molar-refractivity contribution in [2.24, 2.45) is 0 Å². The van der Waals surface area contributed by atoms with Gasteiger partial charge in [0.05, 0.1) is 11.3 Å². The lowest BCUT2D eigenvalue weighted by atomic mass is 10.2. The first kappa shape index (κ1) is 15.1. The van der Waals surface area contributed by atoms with Crippen molar-refractivity contribution in [1.29, 1.82) is 0 Å². The average molecular weight is 367 g/mol. The first-order valence-corrected chi connectivity index (χ1v) is 6.58. The zero-order valence-electron chi connectivity index (χ0n) is 10.1. The summed E-state index contributed by atoms with van der Waals surface area (Å²) in [5.74, 6) is 0.741. The number of hydrogen-bond donors (Lipinski definition) is 1. The predicted molar refractivity (Wildman–Crippen MR) is 74.2 cm³/mol. The Bertz CT molecular complexity index is 626. The Kier molecular flexibility index (Phi) is 4.19. The SMILES string of the molecule is Cc1nc(Cl)cc(Nc2cc(C(F)(F)F)ccc2Br)n1. The van der Waals surface area contributed by atoms with E-state index in [1.807, 2.05) is 0 Å². The van der Waals surface area contributed by atoms with E-state index >= 15 is 0 Å². The van der Waals surface area contributed by atoms with Crippen LogP contribution < -0.4 is 5.32 Å². The predicted octanol–water partition coefficient (Wildman–Crippen LogP) is 4.96. The minimum Gasteiger partial charge on any atom is -0.339 e. The van der Waals surface area contributed by atoms with E-state index in [0.29, 0.717) is 16.1 Å². The van der Waals surface area contributed by atoms with Crippen molar-refractivity contribution in [3.8, 4) is 0 Å². The molecule has 3 nitrogen and oxygen atoms in total. The third-order valence-corrected chi connectivity index (χ3v) is 3.25. The van der Waals surface area contributed by atoms with E-state index in [2.05, 4.69) is 31.2 Å². The molecular formula is C12H8BrClF3N3. The molecule has 0 saturated heterocycles. The van der Waals surface area contributed by atoms with Gasteiger partial charge in [0.25, 0.3) is 0 Å². The Labute approximate surface area is 126 Å². The van der Waals surface area contributed by atoms with E-state index in [1.165, 1.54) is 12.1 Å². The molecule has 0 aliphatic rings. The molecule has 0 atom stereocenters. The van der Waals surface area contributed by atoms with Gasteiger partial charge in [-0.3, -0.25) is 0 Å². The lowest BCUT2D eigenvalue weighted by molar-refractivity contribution is -0.137. The molecule has 0 spiro atoms. The zero-order valence-corrected chi connectivity index (χ0v) is 12.4. The molecule has 1 N–H and O–H groups in total. The molecule has 0 saturated carbocycles. The summed E-state index contributed by atoms with van der Waals surface area (Å²) in [4.78, 5) is 7.93. The lowest BCUT2D eigenvalue weighted by Gasteiger charge is -2.12. The van der Waals surface area contributed by atoms with Crippen LogP contribution in [0.25, 0.3) is 0 Å². The van der Waals surface area contributed by atoms with Crippen LogP contribution in [0.1, 0.15) is 11.4 Å². The van der Waals surface area contributed by atoms with Gasteiger partial charge in [-0.05, 0) is 41.1 Å². The Morgan fingerprint density at radius 2 is 1.90 bits per heavy atom. The smallest absolute Gasteiger partial charge is 0.339 e. The number of rotatable bonds is 2. The maximum atomic E-state index is 12.7. The fraction of sp³-hybridized carbons (Fsp3) is 0.167. The number of alkyl halides is 3. The number of aryl methyl sites for hydroxylation is 1. The Morgan fingerprint density at radius 1 is 1.20 bits per heavy atom. The van der Waals surface area contributed by atoms with Crippen molar-refractivity contribution in [1.82, 2.24) is 9.97 Å². The van der Waals surface area contributed by atoms with Crippen molar-refractivity contribution in [3.63, 3.8) is 0 Å². The van der Waals surface area contributed by atoms with E-state index < -0.39 is 11.7 Å². The molecule has 0 unspecified atom stereocenters. The topological polar surface area (TPSA) is 37.8 Å². The summed E-state index contributed by atoms with van der Waals surface area (Å²) in [6, 6.07) is 4.74. The minimum atomic E-state index is -4.41. The maximum absolute atomic E-state index is 12.7. The standard InChI is InChI=1S/C12H8BrClF3N3/c1-6-18-10(14)5-11(19-6)20-9-4-7(12(15,16)17)2-3-8(9)13/h2-5H,1H3,(H,18,19,20). The van der Waals surface area contributed by atoms with Crippen molar-refractivity contribution >= 4 is 39.0 Å². The van der Waals surface area contributed by atoms with Gasteiger partial charge in [0, 0.05) is 10.5 Å². The van der Waals surface area contributed by atoms with Crippen LogP contribution in [0.15, 0.2) is 28.7 Å². The van der Waals surface area contributed by atoms with Crippen LogP contribution in [0.3, 0.4) is 0 Å². The highest BCUT2D eigenvalue weighted by molar-refractivity contribution is 9.10. The molecule has 2 rings (SSSR count). The summed E-state index contributed by atoms with van der Waals surface area (Å²) in [6.07, 6.45) is -4.41. The molecule has 1 aromatic carbocycles. The van der Waals surface area contributed by atoms with E-state index in [0.717, 1.165) is 12.1 Å². The second-order valence-corrected chi connectivity index (χ2v) is 5.18. The first-order valence-electron chi connectivity index (χ1n) is 5.40.